The molecule has 0 saturated heterocycles. The van der Waals surface area contributed by atoms with Crippen LogP contribution in [0.25, 0.3) is 0 Å². The molecule has 6 atom stereocenters. The Hall–Kier alpha value is -1.18. The van der Waals surface area contributed by atoms with Crippen molar-refractivity contribution in [2.75, 3.05) is 0 Å². The van der Waals surface area contributed by atoms with Gasteiger partial charge in [-0.25, -0.2) is 8.78 Å². The second kappa shape index (κ2) is 7.89. The van der Waals surface area contributed by atoms with E-state index in [-0.39, 0.29) is 6.42 Å². The monoisotopic (exact) mass is 313 g/mol. The van der Waals surface area contributed by atoms with E-state index in [0.29, 0.717) is 31.6 Å². The maximum atomic E-state index is 14.2. The number of ether oxygens (including phenoxy) is 1. The van der Waals surface area contributed by atoms with Gasteiger partial charge in [0.1, 0.15) is 18.4 Å². The summed E-state index contributed by atoms with van der Waals surface area (Å²) < 4.78 is 33.2. The van der Waals surface area contributed by atoms with Crippen molar-refractivity contribution in [3.63, 3.8) is 0 Å². The lowest BCUT2D eigenvalue weighted by atomic mass is 9.78. The average Bonchev–Trinajstić information content (AvgIpc) is 2.47. The molecule has 2 aliphatic carbocycles. The molecule has 0 bridgehead atoms. The lowest BCUT2D eigenvalue weighted by Gasteiger charge is -2.33. The van der Waals surface area contributed by atoms with E-state index in [2.05, 4.69) is 6.92 Å². The largest absolute Gasteiger partial charge is 0.462 e. The number of hydrogen-bond acceptors (Lipinski definition) is 3. The van der Waals surface area contributed by atoms with E-state index in [1.807, 2.05) is 6.07 Å². The van der Waals surface area contributed by atoms with Gasteiger partial charge in [0.15, 0.2) is 0 Å². The van der Waals surface area contributed by atoms with Crippen LogP contribution in [0, 0.1) is 29.1 Å². The second-order valence-electron chi connectivity index (χ2n) is 6.71. The van der Waals surface area contributed by atoms with E-state index >= 15 is 0 Å². The minimum absolute atomic E-state index is 0.0616. The summed E-state index contributed by atoms with van der Waals surface area (Å²) in [5.74, 6) is -1.45. The predicted molar refractivity (Wildman–Crippen MR) is 78.4 cm³/mol. The summed E-state index contributed by atoms with van der Waals surface area (Å²) in [6, 6.07) is 1.94. The molecule has 0 amide bonds. The van der Waals surface area contributed by atoms with Crippen molar-refractivity contribution >= 4 is 5.97 Å². The van der Waals surface area contributed by atoms with Crippen LogP contribution in [-0.2, 0) is 9.53 Å². The van der Waals surface area contributed by atoms with Gasteiger partial charge in [0.05, 0.1) is 17.9 Å². The lowest BCUT2D eigenvalue weighted by molar-refractivity contribution is -0.161. The Kier molecular flexibility index (Phi) is 6.16. The Morgan fingerprint density at radius 3 is 2.55 bits per heavy atom. The molecule has 0 aromatic carbocycles. The van der Waals surface area contributed by atoms with Crippen LogP contribution >= 0.6 is 0 Å². The summed E-state index contributed by atoms with van der Waals surface area (Å²) in [5.41, 5.74) is 0. The third-order valence-corrected chi connectivity index (χ3v) is 5.05. The van der Waals surface area contributed by atoms with Gasteiger partial charge in [0, 0.05) is 6.42 Å². The molecule has 0 aliphatic heterocycles. The van der Waals surface area contributed by atoms with E-state index < -0.39 is 36.3 Å². The molecule has 22 heavy (non-hydrogen) atoms. The maximum absolute atomic E-state index is 14.2. The van der Waals surface area contributed by atoms with Crippen LogP contribution in [0.4, 0.5) is 8.78 Å². The van der Waals surface area contributed by atoms with Crippen LogP contribution in [-0.4, -0.2) is 24.4 Å². The Labute approximate surface area is 131 Å². The predicted octanol–water partition coefficient (Wildman–Crippen LogP) is 4.11. The molecule has 6 unspecified atom stereocenters. The SMILES string of the molecule is CCCC1CCC(C(=O)OC2CCC(C#N)C(F)C2)C(F)C1. The highest BCUT2D eigenvalue weighted by Gasteiger charge is 2.38. The van der Waals surface area contributed by atoms with Crippen molar-refractivity contribution in [3.8, 4) is 6.07 Å². The van der Waals surface area contributed by atoms with Crippen molar-refractivity contribution in [2.45, 2.75) is 76.7 Å². The number of nitrogens with zero attached hydrogens (tertiary/aromatic N) is 1. The van der Waals surface area contributed by atoms with E-state index in [1.54, 1.807) is 0 Å². The minimum Gasteiger partial charge on any atom is -0.462 e. The number of rotatable bonds is 4. The van der Waals surface area contributed by atoms with Gasteiger partial charge in [-0.1, -0.05) is 19.8 Å². The Morgan fingerprint density at radius 2 is 1.95 bits per heavy atom. The van der Waals surface area contributed by atoms with Crippen LogP contribution in [0.2, 0.25) is 0 Å². The molecule has 2 rings (SSSR count). The van der Waals surface area contributed by atoms with Gasteiger partial charge in [-0.05, 0) is 38.0 Å². The van der Waals surface area contributed by atoms with Crippen LogP contribution in [0.1, 0.15) is 58.3 Å². The van der Waals surface area contributed by atoms with E-state index in [0.717, 1.165) is 19.3 Å². The Morgan fingerprint density at radius 1 is 1.18 bits per heavy atom. The first-order valence-electron chi connectivity index (χ1n) is 8.43. The number of alkyl halides is 2. The number of nitriles is 1. The molecule has 2 aliphatic rings. The maximum Gasteiger partial charge on any atom is 0.312 e. The van der Waals surface area contributed by atoms with Crippen molar-refractivity contribution in [1.82, 2.24) is 0 Å². The fourth-order valence-electron chi connectivity index (χ4n) is 3.72. The smallest absolute Gasteiger partial charge is 0.312 e. The van der Waals surface area contributed by atoms with Crippen LogP contribution in [0.5, 0.6) is 0 Å². The molecule has 0 spiro atoms. The van der Waals surface area contributed by atoms with E-state index in [1.165, 1.54) is 0 Å². The molecular weight excluding hydrogens is 288 g/mol. The van der Waals surface area contributed by atoms with Crippen LogP contribution in [0.3, 0.4) is 0 Å². The summed E-state index contributed by atoms with van der Waals surface area (Å²) in [6.45, 7) is 2.08. The van der Waals surface area contributed by atoms with Crippen molar-refractivity contribution < 1.29 is 18.3 Å². The third-order valence-electron chi connectivity index (χ3n) is 5.05. The zero-order valence-corrected chi connectivity index (χ0v) is 13.1. The van der Waals surface area contributed by atoms with Gasteiger partial charge >= 0.3 is 5.97 Å². The summed E-state index contributed by atoms with van der Waals surface area (Å²) in [4.78, 5) is 12.1. The molecular formula is C17H25F2NO2. The summed E-state index contributed by atoms with van der Waals surface area (Å²) in [6.07, 6.45) is 1.91. The molecule has 0 N–H and O–H groups in total. The van der Waals surface area contributed by atoms with Gasteiger partial charge in [-0.15, -0.1) is 0 Å². The normalized spacial score (nSPS) is 39.0. The first kappa shape index (κ1) is 17.2. The standard InChI is InChI=1S/C17H25F2NO2/c1-2-3-11-4-7-14(16(19)8-11)17(21)22-13-6-5-12(10-20)15(18)9-13/h11-16H,2-9H2,1H3. The lowest BCUT2D eigenvalue weighted by Crippen LogP contribution is -2.38. The van der Waals surface area contributed by atoms with Gasteiger partial charge in [-0.3, -0.25) is 4.79 Å². The van der Waals surface area contributed by atoms with Gasteiger partial charge < -0.3 is 4.74 Å². The molecule has 0 aromatic rings. The molecule has 0 aromatic heterocycles. The zero-order valence-electron chi connectivity index (χ0n) is 13.1. The van der Waals surface area contributed by atoms with Gasteiger partial charge in [0.2, 0.25) is 0 Å². The molecule has 5 heteroatoms. The second-order valence-corrected chi connectivity index (χ2v) is 6.71. The highest BCUT2D eigenvalue weighted by atomic mass is 19.1. The van der Waals surface area contributed by atoms with Crippen molar-refractivity contribution in [1.29, 1.82) is 5.26 Å². The molecule has 124 valence electrons. The highest BCUT2D eigenvalue weighted by molar-refractivity contribution is 5.73. The number of carbonyl (C=O) groups is 1. The zero-order chi connectivity index (χ0) is 16.1. The fraction of sp³-hybridized carbons (Fsp3) is 0.882. The number of carbonyl (C=O) groups excluding carboxylic acids is 1. The summed E-state index contributed by atoms with van der Waals surface area (Å²) in [7, 11) is 0. The first-order valence-corrected chi connectivity index (χ1v) is 8.43. The number of hydrogen-bond donors (Lipinski definition) is 0. The topological polar surface area (TPSA) is 50.1 Å². The average molecular weight is 313 g/mol. The third kappa shape index (κ3) is 4.18. The number of halogens is 2. The van der Waals surface area contributed by atoms with Gasteiger partial charge in [0.25, 0.3) is 0 Å². The summed E-state index contributed by atoms with van der Waals surface area (Å²) in [5, 5.41) is 8.79. The summed E-state index contributed by atoms with van der Waals surface area (Å²) >= 11 is 0. The highest BCUT2D eigenvalue weighted by Crippen LogP contribution is 2.36. The van der Waals surface area contributed by atoms with Crippen LogP contribution < -0.4 is 0 Å². The van der Waals surface area contributed by atoms with Gasteiger partial charge in [-0.2, -0.15) is 5.26 Å². The molecule has 3 nitrogen and oxygen atoms in total. The molecule has 2 fully saturated rings. The number of esters is 1. The van der Waals surface area contributed by atoms with Crippen molar-refractivity contribution in [3.05, 3.63) is 0 Å². The van der Waals surface area contributed by atoms with E-state index in [4.69, 9.17) is 10.00 Å². The minimum atomic E-state index is -1.25. The quantitative estimate of drug-likeness (QED) is 0.734. The van der Waals surface area contributed by atoms with Crippen LogP contribution in [0.15, 0.2) is 0 Å². The molecule has 0 heterocycles. The van der Waals surface area contributed by atoms with Crippen molar-refractivity contribution in [2.24, 2.45) is 17.8 Å². The molecule has 0 radical (unpaired) electrons. The van der Waals surface area contributed by atoms with E-state index in [9.17, 15) is 13.6 Å². The Bertz CT molecular complexity index is 423. The first-order chi connectivity index (χ1) is 10.5. The fourth-order valence-corrected chi connectivity index (χ4v) is 3.72. The molecule has 2 saturated carbocycles. The Balaban J connectivity index is 1.82.